The molecular weight excluding hydrogens is 214 g/mol. The predicted molar refractivity (Wildman–Crippen MR) is 72.4 cm³/mol. The van der Waals surface area contributed by atoms with Crippen LogP contribution in [0.25, 0.3) is 0 Å². The van der Waals surface area contributed by atoms with E-state index in [0.29, 0.717) is 24.2 Å². The van der Waals surface area contributed by atoms with Gasteiger partial charge in [-0.05, 0) is 31.4 Å². The zero-order valence-corrected chi connectivity index (χ0v) is 11.0. The van der Waals surface area contributed by atoms with Crippen LogP contribution in [0.3, 0.4) is 0 Å². The smallest absolute Gasteiger partial charge is 0.239 e. The second-order valence-corrected chi connectivity index (χ2v) is 4.10. The molecule has 1 heterocycles. The van der Waals surface area contributed by atoms with E-state index in [-0.39, 0.29) is 0 Å². The van der Waals surface area contributed by atoms with Crippen LogP contribution in [0.1, 0.15) is 40.0 Å². The van der Waals surface area contributed by atoms with Gasteiger partial charge in [-0.25, -0.2) is 0 Å². The summed E-state index contributed by atoms with van der Waals surface area (Å²) in [5, 5.41) is 3.38. The summed E-state index contributed by atoms with van der Waals surface area (Å²) in [6, 6.07) is 4.18. The second kappa shape index (κ2) is 6.99. The van der Waals surface area contributed by atoms with Crippen molar-refractivity contribution >= 4 is 11.5 Å². The van der Waals surface area contributed by atoms with E-state index in [9.17, 15) is 0 Å². The molecule has 4 heteroatoms. The maximum Gasteiger partial charge on any atom is 0.239 e. The third-order valence-electron chi connectivity index (χ3n) is 2.67. The molecule has 1 aromatic rings. The number of anilines is 2. The number of rotatable bonds is 7. The first-order valence-electron chi connectivity index (χ1n) is 6.37. The zero-order chi connectivity index (χ0) is 12.7. The minimum Gasteiger partial charge on any atom is -0.476 e. The molecule has 4 nitrogen and oxygen atoms in total. The fraction of sp³-hybridized carbons (Fsp3) is 0.615. The molecule has 0 atom stereocenters. The number of hydrogen-bond acceptors (Lipinski definition) is 4. The van der Waals surface area contributed by atoms with Gasteiger partial charge in [0, 0.05) is 6.04 Å². The molecule has 0 spiro atoms. The lowest BCUT2D eigenvalue weighted by Gasteiger charge is -2.16. The average Bonchev–Trinajstić information content (AvgIpc) is 2.36. The van der Waals surface area contributed by atoms with Crippen molar-refractivity contribution in [1.82, 2.24) is 4.98 Å². The number of ether oxygens (including phenoxy) is 1. The van der Waals surface area contributed by atoms with Crippen molar-refractivity contribution in [3.05, 3.63) is 12.1 Å². The van der Waals surface area contributed by atoms with Gasteiger partial charge in [0.15, 0.2) is 0 Å². The number of nitrogen functional groups attached to an aromatic ring is 1. The normalized spacial score (nSPS) is 10.6. The van der Waals surface area contributed by atoms with Gasteiger partial charge in [0.25, 0.3) is 0 Å². The van der Waals surface area contributed by atoms with Gasteiger partial charge < -0.3 is 15.8 Å². The van der Waals surface area contributed by atoms with Gasteiger partial charge in [0.1, 0.15) is 5.82 Å². The Morgan fingerprint density at radius 3 is 2.59 bits per heavy atom. The van der Waals surface area contributed by atoms with Crippen LogP contribution in [0.4, 0.5) is 11.5 Å². The maximum atomic E-state index is 5.81. The number of nitrogens with two attached hydrogens (primary N) is 1. The molecule has 0 amide bonds. The van der Waals surface area contributed by atoms with E-state index in [1.165, 1.54) is 0 Å². The molecule has 0 radical (unpaired) electrons. The molecular formula is C13H23N3O. The average molecular weight is 237 g/mol. The van der Waals surface area contributed by atoms with Crippen LogP contribution in [0.15, 0.2) is 12.1 Å². The van der Waals surface area contributed by atoms with Gasteiger partial charge >= 0.3 is 0 Å². The molecule has 0 fully saturated rings. The summed E-state index contributed by atoms with van der Waals surface area (Å²) in [6.07, 6.45) is 3.10. The Kier molecular flexibility index (Phi) is 5.60. The van der Waals surface area contributed by atoms with E-state index in [0.717, 1.165) is 25.1 Å². The van der Waals surface area contributed by atoms with Gasteiger partial charge in [-0.1, -0.05) is 20.8 Å². The highest BCUT2D eigenvalue weighted by Crippen LogP contribution is 2.21. The van der Waals surface area contributed by atoms with Crippen LogP contribution in [0.2, 0.25) is 0 Å². The summed E-state index contributed by atoms with van der Waals surface area (Å²) < 4.78 is 5.50. The lowest BCUT2D eigenvalue weighted by Crippen LogP contribution is -2.18. The predicted octanol–water partition coefficient (Wildman–Crippen LogP) is 3.05. The van der Waals surface area contributed by atoms with E-state index in [1.807, 2.05) is 12.1 Å². The number of aromatic nitrogens is 1. The van der Waals surface area contributed by atoms with Crippen LogP contribution in [0, 0.1) is 0 Å². The molecule has 0 aromatic carbocycles. The summed E-state index contributed by atoms with van der Waals surface area (Å²) >= 11 is 0. The second-order valence-electron chi connectivity index (χ2n) is 4.10. The lowest BCUT2D eigenvalue weighted by molar-refractivity contribution is 0.307. The molecule has 96 valence electrons. The minimum atomic E-state index is 0.449. The molecule has 0 unspecified atom stereocenters. The Balaban J connectivity index is 2.73. The van der Waals surface area contributed by atoms with Crippen molar-refractivity contribution in [2.24, 2.45) is 0 Å². The number of pyridine rings is 1. The molecule has 0 bridgehead atoms. The molecule has 0 aliphatic heterocycles. The van der Waals surface area contributed by atoms with Gasteiger partial charge in [0.05, 0.1) is 12.3 Å². The van der Waals surface area contributed by atoms with Crippen molar-refractivity contribution in [1.29, 1.82) is 0 Å². The van der Waals surface area contributed by atoms with Gasteiger partial charge in [-0.3, -0.25) is 0 Å². The van der Waals surface area contributed by atoms with Crippen molar-refractivity contribution in [2.45, 2.75) is 46.1 Å². The van der Waals surface area contributed by atoms with Gasteiger partial charge in [0.2, 0.25) is 5.88 Å². The third-order valence-corrected chi connectivity index (χ3v) is 2.67. The monoisotopic (exact) mass is 237 g/mol. The summed E-state index contributed by atoms with van der Waals surface area (Å²) in [5.74, 6) is 1.36. The van der Waals surface area contributed by atoms with E-state index in [4.69, 9.17) is 10.5 Å². The molecule has 17 heavy (non-hydrogen) atoms. The minimum absolute atomic E-state index is 0.449. The molecule has 1 aromatic heterocycles. The molecule has 3 N–H and O–H groups in total. The van der Waals surface area contributed by atoms with Gasteiger partial charge in [-0.15, -0.1) is 0 Å². The quantitative estimate of drug-likeness (QED) is 0.765. The van der Waals surface area contributed by atoms with Crippen molar-refractivity contribution in [3.8, 4) is 5.88 Å². The van der Waals surface area contributed by atoms with E-state index < -0.39 is 0 Å². The first-order chi connectivity index (χ1) is 8.21. The Labute approximate surface area is 104 Å². The van der Waals surface area contributed by atoms with Crippen LogP contribution >= 0.6 is 0 Å². The first-order valence-corrected chi connectivity index (χ1v) is 6.37. The Morgan fingerprint density at radius 1 is 1.29 bits per heavy atom. The highest BCUT2D eigenvalue weighted by atomic mass is 16.5. The number of nitrogens with one attached hydrogen (secondary N) is 1. The summed E-state index contributed by atoms with van der Waals surface area (Å²) in [5.41, 5.74) is 6.40. The van der Waals surface area contributed by atoms with Crippen LogP contribution in [-0.2, 0) is 0 Å². The fourth-order valence-electron chi connectivity index (χ4n) is 1.55. The van der Waals surface area contributed by atoms with Crippen LogP contribution in [-0.4, -0.2) is 17.6 Å². The Hall–Kier alpha value is -1.45. The van der Waals surface area contributed by atoms with E-state index >= 15 is 0 Å². The van der Waals surface area contributed by atoms with Crippen molar-refractivity contribution in [2.75, 3.05) is 17.7 Å². The molecule has 0 aliphatic rings. The molecule has 0 aliphatic carbocycles. The number of nitrogens with zero attached hydrogens (tertiary/aromatic N) is 1. The third kappa shape index (κ3) is 4.13. The lowest BCUT2D eigenvalue weighted by atomic mass is 10.2. The zero-order valence-electron chi connectivity index (χ0n) is 11.0. The Morgan fingerprint density at radius 2 is 2.00 bits per heavy atom. The standard InChI is InChI=1S/C13H23N3O/c1-4-9-17-13-11(14)7-8-12(16-13)15-10(5-2)6-3/h7-8,10H,4-6,9,14H2,1-3H3,(H,15,16). The SMILES string of the molecule is CCCOc1nc(NC(CC)CC)ccc1N. The largest absolute Gasteiger partial charge is 0.476 e. The number of hydrogen-bond donors (Lipinski definition) is 2. The molecule has 1 rings (SSSR count). The molecule has 0 saturated heterocycles. The summed E-state index contributed by atoms with van der Waals surface area (Å²) in [7, 11) is 0. The summed E-state index contributed by atoms with van der Waals surface area (Å²) in [4.78, 5) is 4.39. The Bertz CT molecular complexity index is 337. The topological polar surface area (TPSA) is 60.2 Å². The fourth-order valence-corrected chi connectivity index (χ4v) is 1.55. The van der Waals surface area contributed by atoms with Crippen LogP contribution < -0.4 is 15.8 Å². The maximum absolute atomic E-state index is 5.81. The summed E-state index contributed by atoms with van der Waals surface area (Å²) in [6.45, 7) is 7.02. The first kappa shape index (κ1) is 13.6. The van der Waals surface area contributed by atoms with Gasteiger partial charge in [-0.2, -0.15) is 4.98 Å². The van der Waals surface area contributed by atoms with Crippen molar-refractivity contribution < 1.29 is 4.74 Å². The van der Waals surface area contributed by atoms with Crippen LogP contribution in [0.5, 0.6) is 5.88 Å². The highest BCUT2D eigenvalue weighted by molar-refractivity contribution is 5.53. The molecule has 0 saturated carbocycles. The van der Waals surface area contributed by atoms with E-state index in [2.05, 4.69) is 31.1 Å². The van der Waals surface area contributed by atoms with E-state index in [1.54, 1.807) is 0 Å². The highest BCUT2D eigenvalue weighted by Gasteiger charge is 2.07. The van der Waals surface area contributed by atoms with Crippen molar-refractivity contribution in [3.63, 3.8) is 0 Å².